The smallest absolute Gasteiger partial charge is 0.227 e. The molecule has 2 aromatic rings. The number of piperazine rings is 1. The maximum absolute atomic E-state index is 12.8. The summed E-state index contributed by atoms with van der Waals surface area (Å²) in [6, 6.07) is 15.1. The first-order valence-electron chi connectivity index (χ1n) is 11.4. The van der Waals surface area contributed by atoms with Gasteiger partial charge in [-0.05, 0) is 48.9 Å². The van der Waals surface area contributed by atoms with E-state index in [1.165, 1.54) is 9.87 Å². The quantitative estimate of drug-likeness (QED) is 0.624. The van der Waals surface area contributed by atoms with Gasteiger partial charge in [0.15, 0.2) is 0 Å². The number of aryl methyl sites for hydroxylation is 1. The SMILES string of the molecule is Cc1cccc(N2CCN(S(=O)(=O)CCNC(=O)C3CC(=O)N(c4ccc(Cl)cc4)C3)CC2)c1. The number of benzene rings is 2. The predicted octanol–water partition coefficient (Wildman–Crippen LogP) is 2.27. The molecule has 10 heteroatoms. The average molecular weight is 505 g/mol. The highest BCUT2D eigenvalue weighted by molar-refractivity contribution is 7.89. The minimum Gasteiger partial charge on any atom is -0.369 e. The van der Waals surface area contributed by atoms with E-state index in [0.717, 1.165) is 5.69 Å². The monoisotopic (exact) mass is 504 g/mol. The third-order valence-corrected chi connectivity index (χ3v) is 8.42. The summed E-state index contributed by atoms with van der Waals surface area (Å²) in [6.07, 6.45) is 0.0993. The fourth-order valence-electron chi connectivity index (χ4n) is 4.38. The molecule has 0 aliphatic carbocycles. The Hall–Kier alpha value is -2.62. The highest BCUT2D eigenvalue weighted by Crippen LogP contribution is 2.26. The van der Waals surface area contributed by atoms with Crippen LogP contribution in [0.2, 0.25) is 5.02 Å². The number of hydrogen-bond donors (Lipinski definition) is 1. The van der Waals surface area contributed by atoms with Gasteiger partial charge in [0, 0.05) is 62.1 Å². The number of hydrogen-bond acceptors (Lipinski definition) is 5. The van der Waals surface area contributed by atoms with Crippen LogP contribution in [0.3, 0.4) is 0 Å². The largest absolute Gasteiger partial charge is 0.369 e. The second-order valence-corrected chi connectivity index (χ2v) is 11.2. The summed E-state index contributed by atoms with van der Waals surface area (Å²) >= 11 is 5.90. The molecule has 2 aliphatic heterocycles. The van der Waals surface area contributed by atoms with Gasteiger partial charge in [-0.2, -0.15) is 4.31 Å². The van der Waals surface area contributed by atoms with Crippen molar-refractivity contribution in [2.45, 2.75) is 13.3 Å². The van der Waals surface area contributed by atoms with E-state index in [-0.39, 0.29) is 37.1 Å². The number of halogens is 1. The van der Waals surface area contributed by atoms with E-state index < -0.39 is 15.9 Å². The lowest BCUT2D eigenvalue weighted by molar-refractivity contribution is -0.126. The molecule has 2 aromatic carbocycles. The highest BCUT2D eigenvalue weighted by Gasteiger charge is 2.35. The minimum absolute atomic E-state index is 0.0187. The fraction of sp³-hybridized carbons (Fsp3) is 0.417. The van der Waals surface area contributed by atoms with E-state index in [9.17, 15) is 18.0 Å². The van der Waals surface area contributed by atoms with E-state index in [1.54, 1.807) is 29.2 Å². The normalized spacial score (nSPS) is 19.5. The molecule has 1 atom stereocenters. The van der Waals surface area contributed by atoms with Crippen LogP contribution in [0.5, 0.6) is 0 Å². The lowest BCUT2D eigenvalue weighted by atomic mass is 10.1. The molecule has 1 unspecified atom stereocenters. The number of carbonyl (C=O) groups is 2. The van der Waals surface area contributed by atoms with Crippen molar-refractivity contribution >= 4 is 44.8 Å². The zero-order valence-corrected chi connectivity index (χ0v) is 20.7. The van der Waals surface area contributed by atoms with Crippen LogP contribution >= 0.6 is 11.6 Å². The van der Waals surface area contributed by atoms with Gasteiger partial charge in [-0.3, -0.25) is 9.59 Å². The third kappa shape index (κ3) is 5.71. The van der Waals surface area contributed by atoms with Crippen LogP contribution in [0.4, 0.5) is 11.4 Å². The Morgan fingerprint density at radius 3 is 2.44 bits per heavy atom. The molecule has 1 N–H and O–H groups in total. The molecule has 0 radical (unpaired) electrons. The molecule has 0 spiro atoms. The summed E-state index contributed by atoms with van der Waals surface area (Å²) in [5.74, 6) is -1.11. The molecule has 0 saturated carbocycles. The Balaban J connectivity index is 1.24. The van der Waals surface area contributed by atoms with Crippen LogP contribution in [0.15, 0.2) is 48.5 Å². The number of nitrogens with one attached hydrogen (secondary N) is 1. The summed E-state index contributed by atoms with van der Waals surface area (Å²) in [7, 11) is -3.48. The van der Waals surface area contributed by atoms with Gasteiger partial charge in [0.1, 0.15) is 0 Å². The Morgan fingerprint density at radius 2 is 1.76 bits per heavy atom. The van der Waals surface area contributed by atoms with Gasteiger partial charge in [-0.1, -0.05) is 23.7 Å². The Labute approximate surface area is 205 Å². The fourth-order valence-corrected chi connectivity index (χ4v) is 5.84. The first-order chi connectivity index (χ1) is 16.2. The van der Waals surface area contributed by atoms with E-state index in [1.807, 2.05) is 25.1 Å². The summed E-state index contributed by atoms with van der Waals surface area (Å²) in [5, 5.41) is 3.28. The van der Waals surface area contributed by atoms with Crippen LogP contribution in [-0.2, 0) is 19.6 Å². The summed E-state index contributed by atoms with van der Waals surface area (Å²) in [6.45, 7) is 4.40. The lowest BCUT2D eigenvalue weighted by Crippen LogP contribution is -2.50. The number of anilines is 2. The zero-order chi connectivity index (χ0) is 24.3. The molecule has 2 fully saturated rings. The zero-order valence-electron chi connectivity index (χ0n) is 19.1. The molecule has 34 heavy (non-hydrogen) atoms. The van der Waals surface area contributed by atoms with Crippen molar-refractivity contribution in [1.82, 2.24) is 9.62 Å². The van der Waals surface area contributed by atoms with E-state index in [0.29, 0.717) is 36.9 Å². The Morgan fingerprint density at radius 1 is 1.06 bits per heavy atom. The van der Waals surface area contributed by atoms with Gasteiger partial charge in [0.2, 0.25) is 21.8 Å². The average Bonchev–Trinajstić information content (AvgIpc) is 3.21. The van der Waals surface area contributed by atoms with Gasteiger partial charge < -0.3 is 15.1 Å². The van der Waals surface area contributed by atoms with Crippen molar-refractivity contribution < 1.29 is 18.0 Å². The van der Waals surface area contributed by atoms with Gasteiger partial charge in [-0.15, -0.1) is 0 Å². The van der Waals surface area contributed by atoms with Gasteiger partial charge >= 0.3 is 0 Å². The van der Waals surface area contributed by atoms with Gasteiger partial charge in [-0.25, -0.2) is 8.42 Å². The van der Waals surface area contributed by atoms with Crippen LogP contribution < -0.4 is 15.1 Å². The van der Waals surface area contributed by atoms with Crippen LogP contribution in [-0.4, -0.2) is 69.6 Å². The van der Waals surface area contributed by atoms with Crippen LogP contribution in [0.25, 0.3) is 0 Å². The van der Waals surface area contributed by atoms with E-state index in [4.69, 9.17) is 11.6 Å². The first kappa shape index (κ1) is 24.5. The molecular formula is C24H29ClN4O4S. The maximum Gasteiger partial charge on any atom is 0.227 e. The van der Waals surface area contributed by atoms with Crippen molar-refractivity contribution in [3.63, 3.8) is 0 Å². The second-order valence-electron chi connectivity index (χ2n) is 8.71. The van der Waals surface area contributed by atoms with Crippen molar-refractivity contribution in [2.24, 2.45) is 5.92 Å². The predicted molar refractivity (Wildman–Crippen MR) is 134 cm³/mol. The number of nitrogens with zero attached hydrogens (tertiary/aromatic N) is 3. The molecule has 2 amide bonds. The van der Waals surface area contributed by atoms with Crippen LogP contribution in [0, 0.1) is 12.8 Å². The molecule has 0 bridgehead atoms. The van der Waals surface area contributed by atoms with E-state index >= 15 is 0 Å². The highest BCUT2D eigenvalue weighted by atomic mass is 35.5. The summed E-state index contributed by atoms with van der Waals surface area (Å²) in [4.78, 5) is 28.7. The van der Waals surface area contributed by atoms with Crippen molar-refractivity contribution in [1.29, 1.82) is 0 Å². The van der Waals surface area contributed by atoms with Crippen molar-refractivity contribution in [3.05, 3.63) is 59.1 Å². The van der Waals surface area contributed by atoms with Gasteiger partial charge in [0.05, 0.1) is 11.7 Å². The Bertz CT molecular complexity index is 1150. The summed E-state index contributed by atoms with van der Waals surface area (Å²) in [5.41, 5.74) is 2.96. The summed E-state index contributed by atoms with van der Waals surface area (Å²) < 4.78 is 27.1. The Kier molecular flexibility index (Phi) is 7.45. The minimum atomic E-state index is -3.48. The number of amides is 2. The van der Waals surface area contributed by atoms with Crippen molar-refractivity contribution in [3.8, 4) is 0 Å². The molecule has 8 nitrogen and oxygen atoms in total. The van der Waals surface area contributed by atoms with Crippen molar-refractivity contribution in [2.75, 3.05) is 54.8 Å². The standard InChI is InChI=1S/C24H29ClN4O4S/c1-18-3-2-4-22(15-18)27-10-12-28(13-11-27)34(32,33)14-9-26-24(31)19-16-23(30)29(17-19)21-7-5-20(25)6-8-21/h2-8,15,19H,9-14,16-17H2,1H3,(H,26,31). The molecular weight excluding hydrogens is 476 g/mol. The lowest BCUT2D eigenvalue weighted by Gasteiger charge is -2.35. The number of carbonyl (C=O) groups excluding carboxylic acids is 2. The molecule has 4 rings (SSSR count). The second kappa shape index (κ2) is 10.3. The van der Waals surface area contributed by atoms with Crippen LogP contribution in [0.1, 0.15) is 12.0 Å². The molecule has 2 heterocycles. The molecule has 2 saturated heterocycles. The van der Waals surface area contributed by atoms with E-state index in [2.05, 4.69) is 16.3 Å². The third-order valence-electron chi connectivity index (χ3n) is 6.29. The number of sulfonamides is 1. The number of rotatable bonds is 7. The molecule has 182 valence electrons. The maximum atomic E-state index is 12.8. The first-order valence-corrected chi connectivity index (χ1v) is 13.3. The van der Waals surface area contributed by atoms with Gasteiger partial charge in [0.25, 0.3) is 0 Å². The molecule has 0 aromatic heterocycles. The molecule has 2 aliphatic rings. The topological polar surface area (TPSA) is 90.0 Å².